The van der Waals surface area contributed by atoms with E-state index < -0.39 is 5.92 Å². The van der Waals surface area contributed by atoms with Crippen molar-refractivity contribution in [2.24, 2.45) is 5.92 Å². The molecule has 1 fully saturated rings. The maximum atomic E-state index is 12.6. The van der Waals surface area contributed by atoms with Gasteiger partial charge in [0.25, 0.3) is 0 Å². The fraction of sp³-hybridized carbons (Fsp3) is 0.375. The molecule has 1 amide bonds. The topological polar surface area (TPSA) is 62.8 Å². The van der Waals surface area contributed by atoms with Gasteiger partial charge in [-0.2, -0.15) is 0 Å². The van der Waals surface area contributed by atoms with Gasteiger partial charge in [-0.1, -0.05) is 6.58 Å². The van der Waals surface area contributed by atoms with Gasteiger partial charge in [0.2, 0.25) is 5.91 Å². The van der Waals surface area contributed by atoms with E-state index in [1.165, 1.54) is 4.90 Å². The van der Waals surface area contributed by atoms with Gasteiger partial charge in [-0.15, -0.1) is 0 Å². The highest BCUT2D eigenvalue weighted by Crippen LogP contribution is 2.37. The van der Waals surface area contributed by atoms with E-state index in [1.54, 1.807) is 34.4 Å². The van der Waals surface area contributed by atoms with Crippen LogP contribution in [0, 0.1) is 5.92 Å². The van der Waals surface area contributed by atoms with Gasteiger partial charge >= 0.3 is 0 Å². The van der Waals surface area contributed by atoms with Gasteiger partial charge in [0, 0.05) is 31.4 Å². The fourth-order valence-electron chi connectivity index (χ4n) is 2.59. The van der Waals surface area contributed by atoms with Crippen molar-refractivity contribution in [3.63, 3.8) is 0 Å². The summed E-state index contributed by atoms with van der Waals surface area (Å²) >= 11 is 5.22. The van der Waals surface area contributed by atoms with E-state index in [1.807, 2.05) is 12.1 Å². The fourth-order valence-corrected chi connectivity index (χ4v) is 2.85. The lowest BCUT2D eigenvalue weighted by molar-refractivity contribution is -0.132. The third-order valence-corrected chi connectivity index (χ3v) is 3.97. The highest BCUT2D eigenvalue weighted by Gasteiger charge is 2.38. The van der Waals surface area contributed by atoms with Crippen LogP contribution in [0.1, 0.15) is 11.6 Å². The number of nitrogens with zero attached hydrogens (tertiary/aromatic N) is 1. The van der Waals surface area contributed by atoms with Crippen LogP contribution in [-0.4, -0.2) is 44.2 Å². The Morgan fingerprint density at radius 2 is 2.00 bits per heavy atom. The van der Waals surface area contributed by atoms with Crippen molar-refractivity contribution in [2.75, 3.05) is 28.3 Å². The van der Waals surface area contributed by atoms with E-state index in [4.69, 9.17) is 21.7 Å². The van der Waals surface area contributed by atoms with Crippen LogP contribution in [0.25, 0.3) is 0 Å². The van der Waals surface area contributed by atoms with Crippen LogP contribution in [-0.2, 0) is 4.79 Å². The first-order valence-corrected chi connectivity index (χ1v) is 7.49. The zero-order valence-electron chi connectivity index (χ0n) is 13.7. The summed E-state index contributed by atoms with van der Waals surface area (Å²) in [6.07, 6.45) is 0. The third kappa shape index (κ3) is 3.39. The average Bonchev–Trinajstić information content (AvgIpc) is 2.52. The number of ether oxygens (including phenoxy) is 2. The molecule has 2 atom stereocenters. The van der Waals surface area contributed by atoms with Crippen LogP contribution in [0.3, 0.4) is 0 Å². The van der Waals surface area contributed by atoms with Crippen molar-refractivity contribution in [3.05, 3.63) is 36.0 Å². The number of carbonyl (C=O) groups is 1. The van der Waals surface area contributed by atoms with Gasteiger partial charge < -0.3 is 25.0 Å². The van der Waals surface area contributed by atoms with Crippen molar-refractivity contribution in [2.45, 2.75) is 6.04 Å². The molecule has 23 heavy (non-hydrogen) atoms. The first kappa shape index (κ1) is 17.1. The van der Waals surface area contributed by atoms with E-state index >= 15 is 0 Å². The molecule has 1 aliphatic rings. The van der Waals surface area contributed by atoms with E-state index in [9.17, 15) is 4.79 Å². The summed E-state index contributed by atoms with van der Waals surface area (Å²) in [5, 5.41) is 6.52. The lowest BCUT2D eigenvalue weighted by atomic mass is 9.87. The Kier molecular flexibility index (Phi) is 5.10. The summed E-state index contributed by atoms with van der Waals surface area (Å²) in [6.45, 7) is 3.96. The molecule has 2 N–H and O–H groups in total. The monoisotopic (exact) mass is 335 g/mol. The van der Waals surface area contributed by atoms with Crippen molar-refractivity contribution >= 4 is 23.2 Å². The van der Waals surface area contributed by atoms with E-state index in [-0.39, 0.29) is 11.9 Å². The molecule has 6 nitrogen and oxygen atoms in total. The molecule has 0 unspecified atom stereocenters. The Hall–Kier alpha value is -2.28. The van der Waals surface area contributed by atoms with Gasteiger partial charge in [0.1, 0.15) is 17.4 Å². The Balaban J connectivity index is 2.49. The van der Waals surface area contributed by atoms with Crippen molar-refractivity contribution in [1.29, 1.82) is 0 Å². The van der Waals surface area contributed by atoms with E-state index in [2.05, 4.69) is 17.2 Å². The zero-order valence-corrected chi connectivity index (χ0v) is 14.5. The summed E-state index contributed by atoms with van der Waals surface area (Å²) < 4.78 is 10.7. The zero-order chi connectivity index (χ0) is 17.1. The Morgan fingerprint density at radius 3 is 2.57 bits per heavy atom. The number of hydrogen-bond acceptors (Lipinski definition) is 4. The molecule has 1 aliphatic heterocycles. The second-order valence-electron chi connectivity index (χ2n) is 5.42. The molecule has 0 aliphatic carbocycles. The summed E-state index contributed by atoms with van der Waals surface area (Å²) in [7, 11) is 6.59. The number of amides is 1. The number of nitrogens with one attached hydrogen (secondary N) is 2. The van der Waals surface area contributed by atoms with Gasteiger partial charge in [-0.3, -0.25) is 4.79 Å². The number of hydrogen-bond donors (Lipinski definition) is 2. The largest absolute Gasteiger partial charge is 0.497 e. The standard InChI is InChI=1S/C16H21N3O3S/c1-9-13(15(20)19(2)3)14(18-16(23)17-9)11-7-6-10(21-4)8-12(11)22-5/h6-8,13-14H,1H2,2-5H3,(H2,17,18,23)/t13-,14+/m1/s1. The highest BCUT2D eigenvalue weighted by molar-refractivity contribution is 7.80. The number of benzene rings is 1. The van der Waals surface area contributed by atoms with Crippen LogP contribution in [0.4, 0.5) is 0 Å². The quantitative estimate of drug-likeness (QED) is 0.812. The highest BCUT2D eigenvalue weighted by atomic mass is 32.1. The molecule has 1 heterocycles. The lowest BCUT2D eigenvalue weighted by Gasteiger charge is -2.37. The molecule has 1 aromatic rings. The minimum Gasteiger partial charge on any atom is -0.497 e. The molecule has 1 saturated heterocycles. The Bertz CT molecular complexity index is 645. The first-order valence-electron chi connectivity index (χ1n) is 7.08. The van der Waals surface area contributed by atoms with Gasteiger partial charge in [0.05, 0.1) is 20.3 Å². The molecule has 0 spiro atoms. The molecule has 1 aromatic carbocycles. The summed E-state index contributed by atoms with van der Waals surface area (Å²) in [4.78, 5) is 14.1. The van der Waals surface area contributed by atoms with Crippen molar-refractivity contribution in [3.8, 4) is 11.5 Å². The second kappa shape index (κ2) is 6.87. The number of carbonyl (C=O) groups excluding carboxylic acids is 1. The van der Waals surface area contributed by atoms with E-state index in [0.717, 1.165) is 5.56 Å². The van der Waals surface area contributed by atoms with E-state index in [0.29, 0.717) is 22.3 Å². The molecule has 0 aromatic heterocycles. The first-order chi connectivity index (χ1) is 10.9. The minimum absolute atomic E-state index is 0.0691. The molecule has 124 valence electrons. The predicted octanol–water partition coefficient (Wildman–Crippen LogP) is 1.44. The maximum Gasteiger partial charge on any atom is 0.233 e. The van der Waals surface area contributed by atoms with Crippen molar-refractivity contribution < 1.29 is 14.3 Å². The third-order valence-electron chi connectivity index (χ3n) is 3.75. The normalized spacial score (nSPS) is 20.3. The van der Waals surface area contributed by atoms with Crippen LogP contribution in [0.5, 0.6) is 11.5 Å². The lowest BCUT2D eigenvalue weighted by Crippen LogP contribution is -2.52. The van der Waals surface area contributed by atoms with Crippen molar-refractivity contribution in [1.82, 2.24) is 15.5 Å². The van der Waals surface area contributed by atoms with Crippen LogP contribution >= 0.6 is 12.2 Å². The summed E-state index contributed by atoms with van der Waals surface area (Å²) in [6, 6.07) is 5.10. The smallest absolute Gasteiger partial charge is 0.233 e. The van der Waals surface area contributed by atoms with Crippen LogP contribution in [0.2, 0.25) is 0 Å². The summed E-state index contributed by atoms with van der Waals surface area (Å²) in [5.41, 5.74) is 1.38. The molecular weight excluding hydrogens is 314 g/mol. The van der Waals surface area contributed by atoms with Crippen LogP contribution < -0.4 is 20.1 Å². The second-order valence-corrected chi connectivity index (χ2v) is 5.83. The maximum absolute atomic E-state index is 12.6. The molecule has 0 saturated carbocycles. The van der Waals surface area contributed by atoms with Gasteiger partial charge in [-0.05, 0) is 24.4 Å². The summed E-state index contributed by atoms with van der Waals surface area (Å²) in [5.74, 6) is 0.728. The molecule has 7 heteroatoms. The number of rotatable bonds is 4. The average molecular weight is 335 g/mol. The van der Waals surface area contributed by atoms with Gasteiger partial charge in [0.15, 0.2) is 5.11 Å². The minimum atomic E-state index is -0.501. The number of thiocarbonyl (C=S) groups is 1. The molecule has 0 radical (unpaired) electrons. The predicted molar refractivity (Wildman–Crippen MR) is 92.5 cm³/mol. The molecule has 0 bridgehead atoms. The SMILES string of the molecule is C=C1NC(=S)N[C@@H](c2ccc(OC)cc2OC)[C@@H]1C(=O)N(C)C. The number of methoxy groups -OCH3 is 2. The Labute approximate surface area is 141 Å². The van der Waals surface area contributed by atoms with Crippen LogP contribution in [0.15, 0.2) is 30.5 Å². The molecular formula is C16H21N3O3S. The molecule has 2 rings (SSSR count). The van der Waals surface area contributed by atoms with Gasteiger partial charge in [-0.25, -0.2) is 0 Å². The Morgan fingerprint density at radius 1 is 1.30 bits per heavy atom.